The Bertz CT molecular complexity index is 431. The quantitative estimate of drug-likeness (QED) is 0.706. The van der Waals surface area contributed by atoms with Crippen molar-refractivity contribution in [2.45, 2.75) is 59.4 Å². The minimum atomic E-state index is 0.133. The average Bonchev–Trinajstić information content (AvgIpc) is 2.38. The van der Waals surface area contributed by atoms with Crippen LogP contribution < -0.4 is 5.32 Å². The van der Waals surface area contributed by atoms with Crippen molar-refractivity contribution in [3.05, 3.63) is 33.8 Å². The predicted molar refractivity (Wildman–Crippen MR) is 90.9 cm³/mol. The highest BCUT2D eigenvalue weighted by Gasteiger charge is 2.28. The van der Waals surface area contributed by atoms with Crippen molar-refractivity contribution < 1.29 is 0 Å². The highest BCUT2D eigenvalue weighted by Crippen LogP contribution is 2.34. The maximum Gasteiger partial charge on any atom is 0.0439 e. The third kappa shape index (κ3) is 5.27. The molecule has 0 bridgehead atoms. The molecule has 1 aromatic rings. The van der Waals surface area contributed by atoms with E-state index in [-0.39, 0.29) is 11.0 Å². The van der Waals surface area contributed by atoms with E-state index in [1.165, 1.54) is 0 Å². The van der Waals surface area contributed by atoms with E-state index in [1.54, 1.807) is 0 Å². The van der Waals surface area contributed by atoms with Crippen molar-refractivity contribution in [2.24, 2.45) is 5.41 Å². The van der Waals surface area contributed by atoms with E-state index in [1.807, 2.05) is 18.2 Å². The minimum absolute atomic E-state index is 0.133. The van der Waals surface area contributed by atoms with Gasteiger partial charge < -0.3 is 5.32 Å². The molecule has 20 heavy (non-hydrogen) atoms. The second-order valence-electron chi connectivity index (χ2n) is 6.72. The lowest BCUT2D eigenvalue weighted by Crippen LogP contribution is -2.44. The monoisotopic (exact) mass is 315 g/mol. The molecule has 0 spiro atoms. The van der Waals surface area contributed by atoms with Gasteiger partial charge in [-0.3, -0.25) is 0 Å². The molecule has 0 aliphatic rings. The van der Waals surface area contributed by atoms with Crippen LogP contribution in [0.3, 0.4) is 0 Å². The van der Waals surface area contributed by atoms with E-state index < -0.39 is 0 Å². The number of benzene rings is 1. The van der Waals surface area contributed by atoms with Gasteiger partial charge in [-0.05, 0) is 69.2 Å². The Kier molecular flexibility index (Phi) is 6.37. The lowest BCUT2D eigenvalue weighted by Gasteiger charge is -2.36. The second kappa shape index (κ2) is 7.15. The molecule has 0 amide bonds. The number of hydrogen-bond acceptors (Lipinski definition) is 1. The Labute approximate surface area is 134 Å². The van der Waals surface area contributed by atoms with Crippen molar-refractivity contribution in [1.29, 1.82) is 0 Å². The fourth-order valence-corrected chi connectivity index (χ4v) is 2.73. The summed E-state index contributed by atoms with van der Waals surface area (Å²) in [5, 5.41) is 5.22. The summed E-state index contributed by atoms with van der Waals surface area (Å²) in [4.78, 5) is 0. The molecule has 1 N–H and O–H groups in total. The highest BCUT2D eigenvalue weighted by atomic mass is 35.5. The SMILES string of the molecule is CCC(CC)(CNC(C)(C)C)Cc1cc(Cl)ccc1Cl. The molecule has 114 valence electrons. The molecule has 1 rings (SSSR count). The second-order valence-corrected chi connectivity index (χ2v) is 7.57. The minimum Gasteiger partial charge on any atom is -0.312 e. The van der Waals surface area contributed by atoms with E-state index in [0.717, 1.165) is 41.4 Å². The zero-order valence-electron chi connectivity index (χ0n) is 13.3. The van der Waals surface area contributed by atoms with Gasteiger partial charge in [0.25, 0.3) is 0 Å². The fourth-order valence-electron chi connectivity index (χ4n) is 2.35. The molecule has 0 aliphatic heterocycles. The molecule has 0 atom stereocenters. The van der Waals surface area contributed by atoms with Crippen LogP contribution in [0.25, 0.3) is 0 Å². The van der Waals surface area contributed by atoms with E-state index in [9.17, 15) is 0 Å². The van der Waals surface area contributed by atoms with Crippen molar-refractivity contribution in [1.82, 2.24) is 5.32 Å². The molecule has 0 aromatic heterocycles. The smallest absolute Gasteiger partial charge is 0.0439 e. The lowest BCUT2D eigenvalue weighted by molar-refractivity contribution is 0.220. The predicted octanol–water partition coefficient (Wildman–Crippen LogP) is 5.73. The largest absolute Gasteiger partial charge is 0.312 e. The van der Waals surface area contributed by atoms with E-state index in [2.05, 4.69) is 39.9 Å². The molecule has 3 heteroatoms. The Morgan fingerprint density at radius 1 is 1.05 bits per heavy atom. The molecule has 0 fully saturated rings. The van der Waals surface area contributed by atoms with Gasteiger partial charge in [-0.2, -0.15) is 0 Å². The summed E-state index contributed by atoms with van der Waals surface area (Å²) in [6, 6.07) is 5.74. The first-order valence-electron chi connectivity index (χ1n) is 7.40. The van der Waals surface area contributed by atoms with Crippen LogP contribution in [0.4, 0.5) is 0 Å². The zero-order chi connectivity index (χ0) is 15.4. The van der Waals surface area contributed by atoms with Gasteiger partial charge in [-0.1, -0.05) is 37.0 Å². The van der Waals surface area contributed by atoms with Gasteiger partial charge in [-0.15, -0.1) is 0 Å². The Balaban J connectivity index is 2.93. The molecule has 0 heterocycles. The number of nitrogens with one attached hydrogen (secondary N) is 1. The van der Waals surface area contributed by atoms with Gasteiger partial charge in [0.2, 0.25) is 0 Å². The van der Waals surface area contributed by atoms with Crippen LogP contribution in [0.15, 0.2) is 18.2 Å². The van der Waals surface area contributed by atoms with Crippen molar-refractivity contribution in [2.75, 3.05) is 6.54 Å². The van der Waals surface area contributed by atoms with E-state index >= 15 is 0 Å². The molecule has 0 saturated carbocycles. The molecule has 0 aliphatic carbocycles. The van der Waals surface area contributed by atoms with Crippen molar-refractivity contribution in [3.8, 4) is 0 Å². The molecular formula is C17H27Cl2N. The zero-order valence-corrected chi connectivity index (χ0v) is 14.8. The summed E-state index contributed by atoms with van der Waals surface area (Å²) in [6.07, 6.45) is 3.20. The van der Waals surface area contributed by atoms with Crippen LogP contribution in [0.1, 0.15) is 53.0 Å². The highest BCUT2D eigenvalue weighted by molar-refractivity contribution is 6.33. The summed E-state index contributed by atoms with van der Waals surface area (Å²) < 4.78 is 0. The van der Waals surface area contributed by atoms with Crippen LogP contribution in [0.5, 0.6) is 0 Å². The fraction of sp³-hybridized carbons (Fsp3) is 0.647. The standard InChI is InChI=1S/C17H27Cl2N/c1-6-17(7-2,12-20-16(3,4)5)11-13-10-14(18)8-9-15(13)19/h8-10,20H,6-7,11-12H2,1-5H3. The third-order valence-electron chi connectivity index (χ3n) is 4.07. The van der Waals surface area contributed by atoms with E-state index in [0.29, 0.717) is 0 Å². The van der Waals surface area contributed by atoms with Gasteiger partial charge in [0.1, 0.15) is 0 Å². The number of hydrogen-bond donors (Lipinski definition) is 1. The van der Waals surface area contributed by atoms with Crippen LogP contribution in [-0.4, -0.2) is 12.1 Å². The molecule has 0 radical (unpaired) electrons. The molecule has 1 aromatic carbocycles. The normalized spacial score (nSPS) is 12.8. The third-order valence-corrected chi connectivity index (χ3v) is 4.67. The first-order valence-corrected chi connectivity index (χ1v) is 8.16. The Morgan fingerprint density at radius 2 is 1.65 bits per heavy atom. The number of rotatable bonds is 6. The number of halogens is 2. The van der Waals surface area contributed by atoms with Gasteiger partial charge in [-0.25, -0.2) is 0 Å². The van der Waals surface area contributed by atoms with Gasteiger partial charge in [0.05, 0.1) is 0 Å². The van der Waals surface area contributed by atoms with Gasteiger partial charge >= 0.3 is 0 Å². The van der Waals surface area contributed by atoms with Crippen LogP contribution in [-0.2, 0) is 6.42 Å². The maximum atomic E-state index is 6.33. The van der Waals surface area contributed by atoms with Crippen molar-refractivity contribution in [3.63, 3.8) is 0 Å². The Morgan fingerprint density at radius 3 is 2.15 bits per heavy atom. The molecular weight excluding hydrogens is 289 g/mol. The summed E-state index contributed by atoms with van der Waals surface area (Å²) in [5.74, 6) is 0. The summed E-state index contributed by atoms with van der Waals surface area (Å²) in [6.45, 7) is 12.1. The summed E-state index contributed by atoms with van der Waals surface area (Å²) in [5.41, 5.74) is 1.51. The summed E-state index contributed by atoms with van der Waals surface area (Å²) in [7, 11) is 0. The molecule has 0 saturated heterocycles. The van der Waals surface area contributed by atoms with Gasteiger partial charge in [0.15, 0.2) is 0 Å². The topological polar surface area (TPSA) is 12.0 Å². The first kappa shape index (κ1) is 17.8. The van der Waals surface area contributed by atoms with Crippen LogP contribution in [0, 0.1) is 5.41 Å². The lowest BCUT2D eigenvalue weighted by atomic mass is 9.76. The first-order chi connectivity index (χ1) is 9.21. The van der Waals surface area contributed by atoms with Crippen LogP contribution in [0.2, 0.25) is 10.0 Å². The molecule has 0 unspecified atom stereocenters. The van der Waals surface area contributed by atoms with Gasteiger partial charge in [0, 0.05) is 22.1 Å². The summed E-state index contributed by atoms with van der Waals surface area (Å²) >= 11 is 12.4. The Hall–Kier alpha value is -0.240. The van der Waals surface area contributed by atoms with Crippen molar-refractivity contribution >= 4 is 23.2 Å². The van der Waals surface area contributed by atoms with Crippen LogP contribution >= 0.6 is 23.2 Å². The van der Waals surface area contributed by atoms with E-state index in [4.69, 9.17) is 23.2 Å². The average molecular weight is 316 g/mol. The maximum absolute atomic E-state index is 6.33. The molecule has 1 nitrogen and oxygen atoms in total.